The number of aliphatic hydroxyl groups excluding tert-OH is 2. The minimum atomic E-state index is -0.888. The molecular formula is C16H21NO4. The van der Waals surface area contributed by atoms with Crippen molar-refractivity contribution in [3.05, 3.63) is 35.9 Å². The van der Waals surface area contributed by atoms with E-state index in [0.717, 1.165) is 17.5 Å². The molecule has 0 amide bonds. The van der Waals surface area contributed by atoms with Crippen molar-refractivity contribution in [1.82, 2.24) is 4.57 Å². The van der Waals surface area contributed by atoms with E-state index in [-0.39, 0.29) is 42.7 Å². The maximum absolute atomic E-state index is 10.5. The average Bonchev–Trinajstić information content (AvgIpc) is 3.13. The fourth-order valence-corrected chi connectivity index (χ4v) is 3.69. The highest BCUT2D eigenvalue weighted by atomic mass is 16.3. The molecule has 1 heterocycles. The van der Waals surface area contributed by atoms with E-state index in [1.54, 1.807) is 6.08 Å². The lowest BCUT2D eigenvalue weighted by atomic mass is 10.0. The summed E-state index contributed by atoms with van der Waals surface area (Å²) in [4.78, 5) is 0. The summed E-state index contributed by atoms with van der Waals surface area (Å²) in [6, 6.07) is -0.324. The fraction of sp³-hybridized carbons (Fsp3) is 0.500. The third-order valence-corrected chi connectivity index (χ3v) is 4.61. The Morgan fingerprint density at radius 2 is 1.81 bits per heavy atom. The van der Waals surface area contributed by atoms with Crippen molar-refractivity contribution in [2.75, 3.05) is 6.61 Å². The Morgan fingerprint density at radius 3 is 2.29 bits per heavy atom. The monoisotopic (exact) mass is 291 g/mol. The van der Waals surface area contributed by atoms with Gasteiger partial charge in [0.05, 0.1) is 12.7 Å². The van der Waals surface area contributed by atoms with Gasteiger partial charge in [0.15, 0.2) is 11.8 Å². The van der Waals surface area contributed by atoms with Gasteiger partial charge in [-0.2, -0.15) is 0 Å². The highest BCUT2D eigenvalue weighted by molar-refractivity contribution is 5.59. The normalized spacial score (nSPS) is 25.0. The molecule has 2 aliphatic rings. The molecule has 5 nitrogen and oxygen atoms in total. The van der Waals surface area contributed by atoms with Gasteiger partial charge in [-0.1, -0.05) is 18.2 Å². The Balaban J connectivity index is 2.00. The predicted octanol–water partition coefficient (Wildman–Crippen LogP) is 1.90. The van der Waals surface area contributed by atoms with Crippen LogP contribution < -0.4 is 0 Å². The standard InChI is InChI=1S/C16H21NO4/c1-2-3-11(7-12(19)8-18)17-15(20)13-9-4-5-10(6-9)14(13)16(17)21/h2,4-5,9-12,18-21H,1,3,6-8H2. The first kappa shape index (κ1) is 14.2. The largest absolute Gasteiger partial charge is 0.494 e. The zero-order valence-corrected chi connectivity index (χ0v) is 11.8. The van der Waals surface area contributed by atoms with E-state index in [1.165, 1.54) is 4.57 Å². The van der Waals surface area contributed by atoms with E-state index in [4.69, 9.17) is 5.11 Å². The second-order valence-corrected chi connectivity index (χ2v) is 5.93. The number of allylic oxidation sites excluding steroid dienone is 3. The summed E-state index contributed by atoms with van der Waals surface area (Å²) in [5.41, 5.74) is 1.63. The Hall–Kier alpha value is -1.72. The second kappa shape index (κ2) is 5.24. The summed E-state index contributed by atoms with van der Waals surface area (Å²) >= 11 is 0. The summed E-state index contributed by atoms with van der Waals surface area (Å²) in [6.07, 6.45) is 6.60. The third-order valence-electron chi connectivity index (χ3n) is 4.61. The molecular weight excluding hydrogens is 270 g/mol. The third kappa shape index (κ3) is 2.08. The first-order chi connectivity index (χ1) is 10.1. The molecule has 4 N–H and O–H groups in total. The van der Waals surface area contributed by atoms with Crippen molar-refractivity contribution in [2.24, 2.45) is 0 Å². The Labute approximate surface area is 123 Å². The van der Waals surface area contributed by atoms with Gasteiger partial charge in [-0.25, -0.2) is 0 Å². The van der Waals surface area contributed by atoms with Crippen LogP contribution in [0.3, 0.4) is 0 Å². The first-order valence-electron chi connectivity index (χ1n) is 7.32. The number of aromatic hydroxyl groups is 2. The molecule has 0 radical (unpaired) electrons. The van der Waals surface area contributed by atoms with Crippen molar-refractivity contribution in [1.29, 1.82) is 0 Å². The van der Waals surface area contributed by atoms with Crippen molar-refractivity contribution < 1.29 is 20.4 Å². The van der Waals surface area contributed by atoms with E-state index in [2.05, 4.69) is 18.7 Å². The molecule has 0 saturated heterocycles. The molecule has 2 aliphatic carbocycles. The van der Waals surface area contributed by atoms with E-state index < -0.39 is 6.10 Å². The lowest BCUT2D eigenvalue weighted by Crippen LogP contribution is -2.20. The quantitative estimate of drug-likeness (QED) is 0.603. The molecule has 0 aromatic carbocycles. The number of rotatable bonds is 6. The number of nitrogens with zero attached hydrogens (tertiary/aromatic N) is 1. The number of hydrogen-bond donors (Lipinski definition) is 4. The van der Waals surface area contributed by atoms with Gasteiger partial charge in [0, 0.05) is 29.0 Å². The highest BCUT2D eigenvalue weighted by Crippen LogP contribution is 2.57. The number of aliphatic hydroxyl groups is 2. The Kier molecular flexibility index (Phi) is 3.55. The summed E-state index contributed by atoms with van der Waals surface area (Å²) in [7, 11) is 0. The molecule has 0 aliphatic heterocycles. The molecule has 0 fully saturated rings. The van der Waals surface area contributed by atoms with Crippen molar-refractivity contribution in [2.45, 2.75) is 43.2 Å². The maximum Gasteiger partial charge on any atom is 0.198 e. The fourth-order valence-electron chi connectivity index (χ4n) is 3.69. The van der Waals surface area contributed by atoms with Crippen LogP contribution in [0.15, 0.2) is 24.8 Å². The van der Waals surface area contributed by atoms with Crippen LogP contribution in [0.5, 0.6) is 11.8 Å². The predicted molar refractivity (Wildman–Crippen MR) is 78.6 cm³/mol. The van der Waals surface area contributed by atoms with Gasteiger partial charge < -0.3 is 20.4 Å². The van der Waals surface area contributed by atoms with Gasteiger partial charge in [0.1, 0.15) is 0 Å². The molecule has 0 spiro atoms. The minimum absolute atomic E-state index is 0.0799. The van der Waals surface area contributed by atoms with E-state index in [9.17, 15) is 15.3 Å². The van der Waals surface area contributed by atoms with Crippen LogP contribution >= 0.6 is 0 Å². The Bertz CT molecular complexity index is 554. The van der Waals surface area contributed by atoms with Gasteiger partial charge in [0.25, 0.3) is 0 Å². The Morgan fingerprint density at radius 1 is 1.24 bits per heavy atom. The van der Waals surface area contributed by atoms with Crippen LogP contribution in [0.25, 0.3) is 0 Å². The van der Waals surface area contributed by atoms with Gasteiger partial charge in [0.2, 0.25) is 0 Å². The van der Waals surface area contributed by atoms with Crippen LogP contribution in [0.4, 0.5) is 0 Å². The van der Waals surface area contributed by atoms with Crippen LogP contribution in [-0.4, -0.2) is 37.7 Å². The lowest BCUT2D eigenvalue weighted by molar-refractivity contribution is 0.0736. The van der Waals surface area contributed by atoms with Crippen LogP contribution in [0.1, 0.15) is 48.3 Å². The average molecular weight is 291 g/mol. The smallest absolute Gasteiger partial charge is 0.198 e. The number of aromatic nitrogens is 1. The second-order valence-electron chi connectivity index (χ2n) is 5.93. The highest BCUT2D eigenvalue weighted by Gasteiger charge is 2.42. The summed E-state index contributed by atoms with van der Waals surface area (Å²) in [5.74, 6) is 0.501. The van der Waals surface area contributed by atoms with Gasteiger partial charge in [-0.15, -0.1) is 6.58 Å². The molecule has 21 heavy (non-hydrogen) atoms. The van der Waals surface area contributed by atoms with Gasteiger partial charge >= 0.3 is 0 Å². The van der Waals surface area contributed by atoms with Crippen LogP contribution in [0.2, 0.25) is 0 Å². The van der Waals surface area contributed by atoms with Crippen molar-refractivity contribution in [3.63, 3.8) is 0 Å². The molecule has 3 rings (SSSR count). The van der Waals surface area contributed by atoms with E-state index in [1.807, 2.05) is 0 Å². The van der Waals surface area contributed by atoms with Crippen molar-refractivity contribution >= 4 is 0 Å². The molecule has 0 saturated carbocycles. The lowest BCUT2D eigenvalue weighted by Gasteiger charge is -2.22. The van der Waals surface area contributed by atoms with Gasteiger partial charge in [-0.05, 0) is 19.3 Å². The summed E-state index contributed by atoms with van der Waals surface area (Å²) in [5, 5.41) is 39.8. The van der Waals surface area contributed by atoms with E-state index >= 15 is 0 Å². The van der Waals surface area contributed by atoms with Crippen LogP contribution in [-0.2, 0) is 0 Å². The van der Waals surface area contributed by atoms with E-state index in [0.29, 0.717) is 6.42 Å². The topological polar surface area (TPSA) is 85.9 Å². The molecule has 1 aromatic rings. The zero-order chi connectivity index (χ0) is 15.1. The molecule has 2 bridgehead atoms. The minimum Gasteiger partial charge on any atom is -0.494 e. The molecule has 4 unspecified atom stereocenters. The maximum atomic E-state index is 10.5. The van der Waals surface area contributed by atoms with Crippen LogP contribution in [0, 0.1) is 0 Å². The number of hydrogen-bond acceptors (Lipinski definition) is 4. The first-order valence-corrected chi connectivity index (χ1v) is 7.32. The summed E-state index contributed by atoms with van der Waals surface area (Å²) < 4.78 is 1.48. The molecule has 114 valence electrons. The summed E-state index contributed by atoms with van der Waals surface area (Å²) in [6.45, 7) is 3.35. The van der Waals surface area contributed by atoms with Gasteiger partial charge in [-0.3, -0.25) is 4.57 Å². The SMILES string of the molecule is C=CCC(CC(O)CO)n1c(O)c2c(c1O)C1C=CC2C1. The molecule has 4 atom stereocenters. The number of fused-ring (bicyclic) bond motifs is 5. The zero-order valence-electron chi connectivity index (χ0n) is 11.8. The molecule has 5 heteroatoms. The molecule has 1 aromatic heterocycles. The van der Waals surface area contributed by atoms with Crippen molar-refractivity contribution in [3.8, 4) is 11.8 Å².